The van der Waals surface area contributed by atoms with Gasteiger partial charge in [-0.25, -0.2) is 0 Å². The highest BCUT2D eigenvalue weighted by molar-refractivity contribution is 6.46. The zero-order chi connectivity index (χ0) is 19.7. The Kier molecular flexibility index (Phi) is 5.00. The van der Waals surface area contributed by atoms with Crippen molar-refractivity contribution in [2.75, 3.05) is 5.32 Å². The summed E-state index contributed by atoms with van der Waals surface area (Å²) in [7, 11) is 0. The first-order valence-electron chi connectivity index (χ1n) is 8.96. The van der Waals surface area contributed by atoms with Gasteiger partial charge in [-0.05, 0) is 76.1 Å². The van der Waals surface area contributed by atoms with Crippen LogP contribution in [0.15, 0.2) is 48.5 Å². The van der Waals surface area contributed by atoms with Crippen molar-refractivity contribution >= 4 is 17.4 Å². The molecule has 4 nitrogen and oxygen atoms in total. The van der Waals surface area contributed by atoms with Crippen molar-refractivity contribution in [1.82, 2.24) is 4.57 Å². The third kappa shape index (κ3) is 3.85. The summed E-state index contributed by atoms with van der Waals surface area (Å²) >= 11 is 0. The Morgan fingerprint density at radius 1 is 0.778 bits per heavy atom. The Morgan fingerprint density at radius 2 is 1.37 bits per heavy atom. The molecule has 1 heterocycles. The topological polar surface area (TPSA) is 51.1 Å². The molecule has 0 radical (unpaired) electrons. The van der Waals surface area contributed by atoms with Gasteiger partial charge in [0, 0.05) is 28.3 Å². The highest BCUT2D eigenvalue weighted by atomic mass is 16.2. The van der Waals surface area contributed by atoms with Gasteiger partial charge in [0.2, 0.25) is 0 Å². The van der Waals surface area contributed by atoms with E-state index in [9.17, 15) is 9.59 Å². The molecule has 3 aromatic rings. The maximum atomic E-state index is 12.7. The minimum Gasteiger partial charge on any atom is -0.319 e. The normalized spacial score (nSPS) is 10.7. The van der Waals surface area contributed by atoms with E-state index in [4.69, 9.17) is 0 Å². The lowest BCUT2D eigenvalue weighted by molar-refractivity contribution is -0.112. The molecule has 1 aromatic heterocycles. The third-order valence-electron chi connectivity index (χ3n) is 4.66. The predicted octanol–water partition coefficient (Wildman–Crippen LogP) is 4.84. The lowest BCUT2D eigenvalue weighted by Crippen LogP contribution is -2.23. The lowest BCUT2D eigenvalue weighted by Gasteiger charge is -2.12. The summed E-state index contributed by atoms with van der Waals surface area (Å²) in [6, 6.07) is 15.4. The average Bonchev–Trinajstić information content (AvgIpc) is 2.89. The molecule has 4 heteroatoms. The van der Waals surface area contributed by atoms with E-state index in [1.165, 1.54) is 0 Å². The fourth-order valence-corrected chi connectivity index (χ4v) is 3.42. The molecular weight excluding hydrogens is 336 g/mol. The molecule has 0 spiro atoms. The predicted molar refractivity (Wildman–Crippen MR) is 109 cm³/mol. The van der Waals surface area contributed by atoms with Crippen LogP contribution in [-0.2, 0) is 4.79 Å². The number of anilines is 1. The number of aromatic nitrogens is 1. The smallest absolute Gasteiger partial charge is 0.296 e. The van der Waals surface area contributed by atoms with Gasteiger partial charge in [-0.3, -0.25) is 9.59 Å². The van der Waals surface area contributed by atoms with E-state index in [0.717, 1.165) is 33.8 Å². The highest BCUT2D eigenvalue weighted by Crippen LogP contribution is 2.23. The van der Waals surface area contributed by atoms with E-state index >= 15 is 0 Å². The standard InChI is InChI=1S/C23H24N2O2/c1-14-6-8-19(9-7-14)24-23(27)22(26)21-13-17(4)25(18(21)5)20-11-15(2)10-16(3)12-20/h6-13H,1-5H3,(H,24,27). The molecule has 0 saturated heterocycles. The number of ketones is 1. The van der Waals surface area contributed by atoms with Crippen LogP contribution in [0.4, 0.5) is 5.69 Å². The van der Waals surface area contributed by atoms with Crippen molar-refractivity contribution in [3.05, 3.63) is 82.2 Å². The molecule has 27 heavy (non-hydrogen) atoms. The van der Waals surface area contributed by atoms with Crippen LogP contribution in [0.25, 0.3) is 5.69 Å². The summed E-state index contributed by atoms with van der Waals surface area (Å²) < 4.78 is 2.02. The average molecular weight is 360 g/mol. The molecule has 0 fully saturated rings. The van der Waals surface area contributed by atoms with Crippen molar-refractivity contribution in [1.29, 1.82) is 0 Å². The molecule has 0 saturated carbocycles. The second-order valence-electron chi connectivity index (χ2n) is 7.12. The van der Waals surface area contributed by atoms with E-state index in [1.54, 1.807) is 18.2 Å². The van der Waals surface area contributed by atoms with Crippen molar-refractivity contribution in [2.45, 2.75) is 34.6 Å². The number of hydrogen-bond donors (Lipinski definition) is 1. The maximum Gasteiger partial charge on any atom is 0.296 e. The first-order valence-corrected chi connectivity index (χ1v) is 8.96. The fraction of sp³-hybridized carbons (Fsp3) is 0.217. The molecule has 0 atom stereocenters. The van der Waals surface area contributed by atoms with Gasteiger partial charge in [0.15, 0.2) is 0 Å². The van der Waals surface area contributed by atoms with Gasteiger partial charge in [-0.15, -0.1) is 0 Å². The van der Waals surface area contributed by atoms with Crippen molar-refractivity contribution < 1.29 is 9.59 Å². The molecule has 0 bridgehead atoms. The number of benzene rings is 2. The second-order valence-corrected chi connectivity index (χ2v) is 7.12. The first kappa shape index (κ1) is 18.6. The van der Waals surface area contributed by atoms with Crippen LogP contribution in [0.3, 0.4) is 0 Å². The van der Waals surface area contributed by atoms with Gasteiger partial charge in [0.05, 0.1) is 0 Å². The van der Waals surface area contributed by atoms with Gasteiger partial charge in [-0.2, -0.15) is 0 Å². The van der Waals surface area contributed by atoms with Gasteiger partial charge in [0.1, 0.15) is 0 Å². The monoisotopic (exact) mass is 360 g/mol. The Balaban J connectivity index is 1.92. The molecule has 2 aromatic carbocycles. The number of Topliss-reactive ketones (excluding diaryl/α,β-unsaturated/α-hetero) is 1. The summed E-state index contributed by atoms with van der Waals surface area (Å²) in [4.78, 5) is 25.2. The molecular formula is C23H24N2O2. The van der Waals surface area contributed by atoms with Gasteiger partial charge >= 0.3 is 0 Å². The van der Waals surface area contributed by atoms with Crippen LogP contribution < -0.4 is 5.32 Å². The number of carbonyl (C=O) groups is 2. The molecule has 1 amide bonds. The number of amides is 1. The Hall–Kier alpha value is -3.14. The SMILES string of the molecule is Cc1ccc(NC(=O)C(=O)c2cc(C)n(-c3cc(C)cc(C)c3)c2C)cc1. The molecule has 3 rings (SSSR count). The minimum atomic E-state index is -0.625. The van der Waals surface area contributed by atoms with Crippen molar-refractivity contribution in [2.24, 2.45) is 0 Å². The van der Waals surface area contributed by atoms with Crippen LogP contribution in [0, 0.1) is 34.6 Å². The van der Waals surface area contributed by atoms with Crippen LogP contribution in [0.5, 0.6) is 0 Å². The summed E-state index contributed by atoms with van der Waals surface area (Å²) in [6.07, 6.45) is 0. The third-order valence-corrected chi connectivity index (χ3v) is 4.66. The molecule has 1 N–H and O–H groups in total. The summed E-state index contributed by atoms with van der Waals surface area (Å²) in [5, 5.41) is 2.68. The zero-order valence-corrected chi connectivity index (χ0v) is 16.4. The second kappa shape index (κ2) is 7.23. The Labute approximate surface area is 159 Å². The zero-order valence-electron chi connectivity index (χ0n) is 16.4. The van der Waals surface area contributed by atoms with Gasteiger partial charge in [-0.1, -0.05) is 23.8 Å². The van der Waals surface area contributed by atoms with E-state index in [1.807, 2.05) is 51.3 Å². The maximum absolute atomic E-state index is 12.7. The Morgan fingerprint density at radius 3 is 1.96 bits per heavy atom. The summed E-state index contributed by atoms with van der Waals surface area (Å²) in [5.41, 5.74) is 7.13. The summed E-state index contributed by atoms with van der Waals surface area (Å²) in [5.74, 6) is -1.15. The highest BCUT2D eigenvalue weighted by Gasteiger charge is 2.23. The molecule has 0 aliphatic rings. The van der Waals surface area contributed by atoms with Crippen LogP contribution >= 0.6 is 0 Å². The van der Waals surface area contributed by atoms with Crippen molar-refractivity contribution in [3.63, 3.8) is 0 Å². The number of nitrogens with zero attached hydrogens (tertiary/aromatic N) is 1. The largest absolute Gasteiger partial charge is 0.319 e. The quantitative estimate of drug-likeness (QED) is 0.534. The van der Waals surface area contributed by atoms with Crippen molar-refractivity contribution in [3.8, 4) is 5.69 Å². The van der Waals surface area contributed by atoms with E-state index in [2.05, 4.69) is 23.5 Å². The van der Waals surface area contributed by atoms with E-state index in [0.29, 0.717) is 11.3 Å². The number of aryl methyl sites for hydroxylation is 4. The number of rotatable bonds is 4. The molecule has 0 aliphatic carbocycles. The Bertz CT molecular complexity index is 1010. The molecule has 0 aliphatic heterocycles. The van der Waals surface area contributed by atoms with E-state index < -0.39 is 11.7 Å². The van der Waals surface area contributed by atoms with Crippen LogP contribution in [0.2, 0.25) is 0 Å². The minimum absolute atomic E-state index is 0.427. The lowest BCUT2D eigenvalue weighted by atomic mass is 10.1. The first-order chi connectivity index (χ1) is 12.8. The van der Waals surface area contributed by atoms with Gasteiger partial charge in [0.25, 0.3) is 11.7 Å². The number of nitrogens with one attached hydrogen (secondary N) is 1. The van der Waals surface area contributed by atoms with E-state index in [-0.39, 0.29) is 0 Å². The van der Waals surface area contributed by atoms with Crippen LogP contribution in [-0.4, -0.2) is 16.3 Å². The molecule has 0 unspecified atom stereocenters. The number of carbonyl (C=O) groups excluding carboxylic acids is 2. The summed E-state index contributed by atoms with van der Waals surface area (Å²) in [6.45, 7) is 9.88. The van der Waals surface area contributed by atoms with Crippen LogP contribution in [0.1, 0.15) is 38.4 Å². The molecule has 138 valence electrons. The fourth-order valence-electron chi connectivity index (χ4n) is 3.42. The van der Waals surface area contributed by atoms with Gasteiger partial charge < -0.3 is 9.88 Å². The number of hydrogen-bond acceptors (Lipinski definition) is 2.